The number of carbonyl (C=O) groups is 1. The van der Waals surface area contributed by atoms with Crippen LogP contribution in [-0.2, 0) is 21.5 Å². The van der Waals surface area contributed by atoms with Gasteiger partial charge in [-0.25, -0.2) is 4.79 Å². The summed E-state index contributed by atoms with van der Waals surface area (Å²) in [4.78, 5) is 11.8. The molecule has 0 saturated heterocycles. The van der Waals surface area contributed by atoms with Gasteiger partial charge in [-0.15, -0.1) is 0 Å². The van der Waals surface area contributed by atoms with Crippen molar-refractivity contribution in [3.8, 4) is 0 Å². The summed E-state index contributed by atoms with van der Waals surface area (Å²) in [5.74, 6) is -0.275. The van der Waals surface area contributed by atoms with Crippen LogP contribution in [-0.4, -0.2) is 20.1 Å². The molecular formula is C14H21NO2. The van der Waals surface area contributed by atoms with E-state index in [2.05, 4.69) is 24.4 Å². The molecule has 1 rings (SSSR count). The van der Waals surface area contributed by atoms with Gasteiger partial charge in [0.15, 0.2) is 0 Å². The van der Waals surface area contributed by atoms with Gasteiger partial charge in [0.2, 0.25) is 0 Å². The summed E-state index contributed by atoms with van der Waals surface area (Å²) >= 11 is 0. The zero-order chi connectivity index (χ0) is 12.9. The SMILES string of the molecule is CCCc1ccc(C(C)(NC)C(=O)OC)cc1. The molecule has 0 fully saturated rings. The Hall–Kier alpha value is -1.35. The lowest BCUT2D eigenvalue weighted by Crippen LogP contribution is -2.45. The normalized spacial score (nSPS) is 14.1. The number of benzene rings is 1. The fourth-order valence-corrected chi connectivity index (χ4v) is 1.86. The Morgan fingerprint density at radius 1 is 1.35 bits per heavy atom. The summed E-state index contributed by atoms with van der Waals surface area (Å²) in [6.45, 7) is 3.98. The van der Waals surface area contributed by atoms with Crippen molar-refractivity contribution >= 4 is 5.97 Å². The molecule has 0 aliphatic rings. The Balaban J connectivity index is 3.00. The van der Waals surface area contributed by atoms with E-state index in [-0.39, 0.29) is 5.97 Å². The molecule has 0 aliphatic carbocycles. The quantitative estimate of drug-likeness (QED) is 0.795. The van der Waals surface area contributed by atoms with E-state index >= 15 is 0 Å². The van der Waals surface area contributed by atoms with Crippen molar-refractivity contribution in [2.24, 2.45) is 0 Å². The molecule has 0 aliphatic heterocycles. The van der Waals surface area contributed by atoms with Gasteiger partial charge in [0.05, 0.1) is 7.11 Å². The van der Waals surface area contributed by atoms with Crippen LogP contribution in [0.15, 0.2) is 24.3 Å². The van der Waals surface area contributed by atoms with Gasteiger partial charge in [0.25, 0.3) is 0 Å². The van der Waals surface area contributed by atoms with E-state index in [4.69, 9.17) is 4.74 Å². The van der Waals surface area contributed by atoms with Gasteiger partial charge in [-0.2, -0.15) is 0 Å². The third-order valence-corrected chi connectivity index (χ3v) is 3.16. The second-order valence-corrected chi connectivity index (χ2v) is 4.31. The lowest BCUT2D eigenvalue weighted by atomic mass is 9.91. The Labute approximate surface area is 103 Å². The number of rotatable bonds is 5. The molecule has 1 aromatic rings. The average Bonchev–Trinajstić information content (AvgIpc) is 2.38. The van der Waals surface area contributed by atoms with Gasteiger partial charge in [-0.1, -0.05) is 37.6 Å². The average molecular weight is 235 g/mol. The first-order valence-corrected chi connectivity index (χ1v) is 5.95. The highest BCUT2D eigenvalue weighted by Crippen LogP contribution is 2.22. The van der Waals surface area contributed by atoms with Crippen molar-refractivity contribution in [3.63, 3.8) is 0 Å². The van der Waals surface area contributed by atoms with Crippen LogP contribution in [0.4, 0.5) is 0 Å². The topological polar surface area (TPSA) is 38.3 Å². The maximum atomic E-state index is 11.8. The number of methoxy groups -OCH3 is 1. The molecule has 0 aromatic heterocycles. The highest BCUT2D eigenvalue weighted by Gasteiger charge is 2.34. The zero-order valence-electron chi connectivity index (χ0n) is 11.0. The minimum Gasteiger partial charge on any atom is -0.467 e. The van der Waals surface area contributed by atoms with E-state index in [0.717, 1.165) is 18.4 Å². The molecule has 0 amide bonds. The first kappa shape index (κ1) is 13.7. The van der Waals surface area contributed by atoms with Crippen molar-refractivity contribution in [2.75, 3.05) is 14.2 Å². The fourth-order valence-electron chi connectivity index (χ4n) is 1.86. The molecule has 17 heavy (non-hydrogen) atoms. The number of ether oxygens (including phenoxy) is 1. The van der Waals surface area contributed by atoms with Crippen LogP contribution in [0.2, 0.25) is 0 Å². The smallest absolute Gasteiger partial charge is 0.330 e. The van der Waals surface area contributed by atoms with E-state index < -0.39 is 5.54 Å². The van der Waals surface area contributed by atoms with Gasteiger partial charge < -0.3 is 10.1 Å². The predicted molar refractivity (Wildman–Crippen MR) is 68.9 cm³/mol. The molecule has 1 N–H and O–H groups in total. The van der Waals surface area contributed by atoms with Gasteiger partial charge in [-0.3, -0.25) is 0 Å². The number of nitrogens with one attached hydrogen (secondary N) is 1. The molecule has 94 valence electrons. The molecule has 1 atom stereocenters. The Bertz CT molecular complexity index is 372. The number of aryl methyl sites for hydroxylation is 1. The predicted octanol–water partition coefficient (Wildman–Crippen LogP) is 2.25. The van der Waals surface area contributed by atoms with E-state index in [0.29, 0.717) is 0 Å². The second kappa shape index (κ2) is 5.82. The standard InChI is InChI=1S/C14H21NO2/c1-5-6-11-7-9-12(10-8-11)14(2,15-3)13(16)17-4/h7-10,15H,5-6H2,1-4H3. The molecule has 1 aromatic carbocycles. The van der Waals surface area contributed by atoms with E-state index in [1.807, 2.05) is 19.1 Å². The largest absolute Gasteiger partial charge is 0.467 e. The molecule has 1 unspecified atom stereocenters. The summed E-state index contributed by atoms with van der Waals surface area (Å²) in [6.07, 6.45) is 2.19. The number of esters is 1. The maximum absolute atomic E-state index is 11.8. The Morgan fingerprint density at radius 2 is 1.94 bits per heavy atom. The number of carbonyl (C=O) groups excluding carboxylic acids is 1. The van der Waals surface area contributed by atoms with Crippen LogP contribution >= 0.6 is 0 Å². The van der Waals surface area contributed by atoms with Crippen molar-refractivity contribution < 1.29 is 9.53 Å². The molecule has 0 bridgehead atoms. The highest BCUT2D eigenvalue weighted by atomic mass is 16.5. The van der Waals surface area contributed by atoms with Crippen LogP contribution in [0.5, 0.6) is 0 Å². The lowest BCUT2D eigenvalue weighted by molar-refractivity contribution is -0.148. The minimum absolute atomic E-state index is 0.275. The fraction of sp³-hybridized carbons (Fsp3) is 0.500. The van der Waals surface area contributed by atoms with Gasteiger partial charge >= 0.3 is 5.97 Å². The summed E-state index contributed by atoms with van der Waals surface area (Å²) < 4.78 is 4.84. The Kier molecular flexibility index (Phi) is 4.70. The van der Waals surface area contributed by atoms with Crippen LogP contribution < -0.4 is 5.32 Å². The van der Waals surface area contributed by atoms with E-state index in [1.165, 1.54) is 12.7 Å². The van der Waals surface area contributed by atoms with E-state index in [1.54, 1.807) is 7.05 Å². The van der Waals surface area contributed by atoms with Crippen molar-refractivity contribution in [3.05, 3.63) is 35.4 Å². The zero-order valence-corrected chi connectivity index (χ0v) is 11.0. The van der Waals surface area contributed by atoms with Gasteiger partial charge in [-0.05, 0) is 31.5 Å². The van der Waals surface area contributed by atoms with Crippen LogP contribution in [0.25, 0.3) is 0 Å². The minimum atomic E-state index is -0.778. The third-order valence-electron chi connectivity index (χ3n) is 3.16. The summed E-state index contributed by atoms with van der Waals surface area (Å²) in [6, 6.07) is 8.10. The van der Waals surface area contributed by atoms with Crippen molar-refractivity contribution in [2.45, 2.75) is 32.2 Å². The summed E-state index contributed by atoms with van der Waals surface area (Å²) in [5, 5.41) is 3.02. The van der Waals surface area contributed by atoms with E-state index in [9.17, 15) is 4.79 Å². The van der Waals surface area contributed by atoms with Crippen molar-refractivity contribution in [1.82, 2.24) is 5.32 Å². The third kappa shape index (κ3) is 2.86. The first-order valence-electron chi connectivity index (χ1n) is 5.95. The summed E-state index contributed by atoms with van der Waals surface area (Å²) in [7, 11) is 3.17. The van der Waals surface area contributed by atoms with Crippen molar-refractivity contribution in [1.29, 1.82) is 0 Å². The molecule has 3 heteroatoms. The molecule has 0 spiro atoms. The van der Waals surface area contributed by atoms with Gasteiger partial charge in [0.1, 0.15) is 5.54 Å². The van der Waals surface area contributed by atoms with Gasteiger partial charge in [0, 0.05) is 0 Å². The molecule has 0 saturated carbocycles. The Morgan fingerprint density at radius 3 is 2.35 bits per heavy atom. The monoisotopic (exact) mass is 235 g/mol. The molecular weight excluding hydrogens is 214 g/mol. The number of hydrogen-bond acceptors (Lipinski definition) is 3. The number of hydrogen-bond donors (Lipinski definition) is 1. The number of likely N-dealkylation sites (N-methyl/N-ethyl adjacent to an activating group) is 1. The van der Waals surface area contributed by atoms with Crippen LogP contribution in [0.3, 0.4) is 0 Å². The second-order valence-electron chi connectivity index (χ2n) is 4.31. The highest BCUT2D eigenvalue weighted by molar-refractivity contribution is 5.82. The van der Waals surface area contributed by atoms with Crippen LogP contribution in [0.1, 0.15) is 31.4 Å². The lowest BCUT2D eigenvalue weighted by Gasteiger charge is -2.26. The summed E-state index contributed by atoms with van der Waals surface area (Å²) in [5.41, 5.74) is 1.44. The molecule has 3 nitrogen and oxygen atoms in total. The molecule has 0 heterocycles. The first-order chi connectivity index (χ1) is 8.08. The maximum Gasteiger partial charge on any atom is 0.330 e. The molecule has 0 radical (unpaired) electrons. The van der Waals surface area contributed by atoms with Crippen LogP contribution in [0, 0.1) is 0 Å².